The van der Waals surface area contributed by atoms with Crippen LogP contribution in [-0.2, 0) is 14.0 Å². The average Bonchev–Trinajstić information content (AvgIpc) is 3.32. The van der Waals surface area contributed by atoms with Crippen molar-refractivity contribution in [2.45, 2.75) is 85.2 Å². The number of rotatable bonds is 6. The minimum atomic E-state index is -2.23. The molecule has 4 aliphatic rings. The zero-order chi connectivity index (χ0) is 34.0. The lowest BCUT2D eigenvalue weighted by Crippen LogP contribution is -2.50. The summed E-state index contributed by atoms with van der Waals surface area (Å²) in [5.41, 5.74) is -0.0160. The number of methoxy groups -OCH3 is 1. The smallest absolute Gasteiger partial charge is 0.309 e. The first-order valence-corrected chi connectivity index (χ1v) is 23.5. The molecule has 0 unspecified atom stereocenters. The second-order valence-corrected chi connectivity index (χ2v) is 25.0. The summed E-state index contributed by atoms with van der Waals surface area (Å²) in [6, 6.07) is 4.27. The zero-order valence-electron chi connectivity index (χ0n) is 28.1. The molecular weight excluding hydrogens is 657 g/mol. The number of ether oxygens (including phenoxy) is 2. The number of carbonyl (C=O) groups is 1. The summed E-state index contributed by atoms with van der Waals surface area (Å²) >= 11 is 13.6. The zero-order valence-corrected chi connectivity index (χ0v) is 31.7. The summed E-state index contributed by atoms with van der Waals surface area (Å²) in [6.45, 7) is 16.6. The topological polar surface area (TPSA) is 114 Å². The Kier molecular flexibility index (Phi) is 9.05. The first kappa shape index (κ1) is 34.6. The fourth-order valence-corrected chi connectivity index (χ4v) is 10.4. The fraction of sp³-hybridized carbons (Fsp3) is 0.588. The van der Waals surface area contributed by atoms with Crippen LogP contribution >= 0.6 is 23.2 Å². The van der Waals surface area contributed by atoms with Crippen molar-refractivity contribution in [1.29, 1.82) is 10.5 Å². The van der Waals surface area contributed by atoms with E-state index < -0.39 is 22.0 Å². The molecule has 0 amide bonds. The Labute approximate surface area is 284 Å². The summed E-state index contributed by atoms with van der Waals surface area (Å²) in [6.07, 6.45) is 8.21. The van der Waals surface area contributed by atoms with Crippen molar-refractivity contribution in [2.75, 3.05) is 7.11 Å². The summed E-state index contributed by atoms with van der Waals surface area (Å²) in [5, 5.41) is 20.6. The molecule has 1 aromatic carbocycles. The standard InChI is InChI=1S/C34H43Cl2N3O5Si2/c1-33-14-12-23-19(22(33)10-11-24(33)32(40)41-3)16-25(31-34(23,2)15-13-26(39-31)43-45(4,5)6)42-29-20(17-37)21(18-38)30(28(36)27(29)35)44-46(7,8)9/h13,15,19,22-24H,10-12,14,16H2,1-9H3/t19-,22-,23-,24+,33-,34+/m0/s1. The van der Waals surface area contributed by atoms with Crippen LogP contribution in [0.25, 0.3) is 0 Å². The lowest BCUT2D eigenvalue weighted by Gasteiger charge is -2.55. The molecule has 1 heterocycles. The Morgan fingerprint density at radius 2 is 1.54 bits per heavy atom. The molecular formula is C34H43Cl2N3O5Si2. The SMILES string of the molecule is COC(=O)[C@H]1CC[C@H]2[C@@H]3CC(Oc4c(Cl)c(Cl)c(O[Si](C)(C)C)c(C#N)c4C#N)=C4N=C(O[Si](C)(C)C)C=C[C@]4(C)[C@H]3CC[C@]12C. The van der Waals surface area contributed by atoms with Crippen molar-refractivity contribution in [2.24, 2.45) is 39.5 Å². The maximum absolute atomic E-state index is 12.9. The van der Waals surface area contributed by atoms with Gasteiger partial charge in [0.1, 0.15) is 44.8 Å². The number of dihydropyridines is 1. The molecule has 0 spiro atoms. The highest BCUT2D eigenvalue weighted by atomic mass is 35.5. The molecule has 0 N–H and O–H groups in total. The van der Waals surface area contributed by atoms with Crippen LogP contribution in [0.5, 0.6) is 11.5 Å². The molecule has 0 radical (unpaired) electrons. The quantitative estimate of drug-likeness (QED) is 0.215. The van der Waals surface area contributed by atoms with Gasteiger partial charge in [0, 0.05) is 11.8 Å². The van der Waals surface area contributed by atoms with Crippen LogP contribution in [0.2, 0.25) is 49.3 Å². The Hall–Kier alpha value is -2.77. The first-order valence-electron chi connectivity index (χ1n) is 15.9. The van der Waals surface area contributed by atoms with Gasteiger partial charge < -0.3 is 18.3 Å². The van der Waals surface area contributed by atoms with E-state index >= 15 is 0 Å². The molecule has 6 atom stereocenters. The fourth-order valence-electron chi connectivity index (χ4n) is 8.35. The number of nitrogens with zero attached hydrogens (tertiary/aromatic N) is 3. The molecule has 12 heteroatoms. The molecule has 0 bridgehead atoms. The molecule has 2 saturated carbocycles. The maximum atomic E-state index is 12.9. The summed E-state index contributed by atoms with van der Waals surface area (Å²) < 4.78 is 24.5. The Morgan fingerprint density at radius 1 is 0.935 bits per heavy atom. The molecule has 2 fully saturated rings. The van der Waals surface area contributed by atoms with E-state index in [2.05, 4.69) is 51.7 Å². The third-order valence-electron chi connectivity index (χ3n) is 10.2. The molecule has 3 aliphatic carbocycles. The van der Waals surface area contributed by atoms with Gasteiger partial charge in [-0.3, -0.25) is 4.79 Å². The van der Waals surface area contributed by atoms with Crippen LogP contribution in [0.15, 0.2) is 28.6 Å². The van der Waals surface area contributed by atoms with E-state index in [0.717, 1.165) is 31.4 Å². The highest BCUT2D eigenvalue weighted by Gasteiger charge is 2.61. The van der Waals surface area contributed by atoms with Crippen molar-refractivity contribution in [3.05, 3.63) is 44.8 Å². The predicted molar refractivity (Wildman–Crippen MR) is 184 cm³/mol. The van der Waals surface area contributed by atoms with Gasteiger partial charge >= 0.3 is 5.97 Å². The number of allylic oxidation sites excluding steroid dienone is 2. The molecule has 5 rings (SSSR count). The number of benzene rings is 1. The van der Waals surface area contributed by atoms with E-state index in [0.29, 0.717) is 18.1 Å². The van der Waals surface area contributed by atoms with E-state index in [1.165, 1.54) is 7.11 Å². The number of fused-ring (bicyclic) bond motifs is 5. The number of carbonyl (C=O) groups excluding carboxylic acids is 1. The van der Waals surface area contributed by atoms with Crippen molar-refractivity contribution >= 4 is 51.7 Å². The highest BCUT2D eigenvalue weighted by Crippen LogP contribution is 2.66. The van der Waals surface area contributed by atoms with Crippen molar-refractivity contribution in [3.8, 4) is 23.6 Å². The van der Waals surface area contributed by atoms with Gasteiger partial charge in [0.05, 0.1) is 18.7 Å². The van der Waals surface area contributed by atoms with Gasteiger partial charge in [-0.05, 0) is 94.2 Å². The Bertz CT molecular complexity index is 1650. The number of aliphatic imine (C=N–C) groups is 1. The van der Waals surface area contributed by atoms with Crippen molar-refractivity contribution in [1.82, 2.24) is 0 Å². The largest absolute Gasteiger partial charge is 0.542 e. The first-order chi connectivity index (χ1) is 21.4. The second-order valence-electron chi connectivity index (χ2n) is 15.4. The minimum absolute atomic E-state index is 0.00637. The van der Waals surface area contributed by atoms with Crippen LogP contribution in [0.3, 0.4) is 0 Å². The van der Waals surface area contributed by atoms with Crippen LogP contribution in [0.4, 0.5) is 0 Å². The minimum Gasteiger partial charge on any atom is -0.542 e. The summed E-state index contributed by atoms with van der Waals surface area (Å²) in [5.74, 6) is 1.59. The summed E-state index contributed by atoms with van der Waals surface area (Å²) in [4.78, 5) is 18.0. The third kappa shape index (κ3) is 5.91. The van der Waals surface area contributed by atoms with Gasteiger partial charge in [-0.15, -0.1) is 0 Å². The number of hydrogen-bond donors (Lipinski definition) is 0. The molecule has 246 valence electrons. The van der Waals surface area contributed by atoms with Gasteiger partial charge in [-0.25, -0.2) is 4.99 Å². The number of halogens is 2. The van der Waals surface area contributed by atoms with Crippen LogP contribution < -0.4 is 9.16 Å². The maximum Gasteiger partial charge on any atom is 0.309 e. The van der Waals surface area contributed by atoms with E-state index in [1.54, 1.807) is 0 Å². The number of nitriles is 2. The average molecular weight is 701 g/mol. The molecule has 8 nitrogen and oxygen atoms in total. The third-order valence-corrected chi connectivity index (χ3v) is 12.7. The van der Waals surface area contributed by atoms with E-state index in [9.17, 15) is 15.3 Å². The van der Waals surface area contributed by atoms with Crippen LogP contribution in [0, 0.1) is 57.2 Å². The monoisotopic (exact) mass is 699 g/mol. The Morgan fingerprint density at radius 3 is 2.13 bits per heavy atom. The highest BCUT2D eigenvalue weighted by molar-refractivity contribution is 6.71. The van der Waals surface area contributed by atoms with Crippen LogP contribution in [-0.4, -0.2) is 35.6 Å². The van der Waals surface area contributed by atoms with Crippen molar-refractivity contribution in [3.63, 3.8) is 0 Å². The summed E-state index contributed by atoms with van der Waals surface area (Å²) in [7, 11) is -2.76. The second kappa shape index (κ2) is 12.0. The van der Waals surface area contributed by atoms with Gasteiger partial charge in [-0.2, -0.15) is 10.5 Å². The lowest BCUT2D eigenvalue weighted by atomic mass is 9.49. The van der Waals surface area contributed by atoms with Crippen LogP contribution in [0.1, 0.15) is 57.1 Å². The normalized spacial score (nSPS) is 30.2. The molecule has 0 aromatic heterocycles. The van der Waals surface area contributed by atoms with Crippen molar-refractivity contribution < 1.29 is 23.1 Å². The van der Waals surface area contributed by atoms with E-state index in [-0.39, 0.29) is 67.7 Å². The Balaban J connectivity index is 1.68. The molecule has 46 heavy (non-hydrogen) atoms. The van der Waals surface area contributed by atoms with Gasteiger partial charge in [0.2, 0.25) is 16.6 Å². The number of esters is 1. The number of hydrogen-bond acceptors (Lipinski definition) is 8. The lowest BCUT2D eigenvalue weighted by molar-refractivity contribution is -0.152. The molecule has 1 aliphatic heterocycles. The molecule has 1 aromatic rings. The van der Waals surface area contributed by atoms with E-state index in [1.807, 2.05) is 25.7 Å². The van der Waals surface area contributed by atoms with Gasteiger partial charge in [0.25, 0.3) is 0 Å². The van der Waals surface area contributed by atoms with Gasteiger partial charge in [-0.1, -0.05) is 43.1 Å². The molecule has 0 saturated heterocycles. The van der Waals surface area contributed by atoms with Gasteiger partial charge in [0.15, 0.2) is 11.6 Å². The van der Waals surface area contributed by atoms with E-state index in [4.69, 9.17) is 46.5 Å². The predicted octanol–water partition coefficient (Wildman–Crippen LogP) is 9.00.